The highest BCUT2D eigenvalue weighted by Gasteiger charge is 2.33. The zero-order valence-corrected chi connectivity index (χ0v) is 15.1. The second-order valence-corrected chi connectivity index (χ2v) is 6.12. The summed E-state index contributed by atoms with van der Waals surface area (Å²) in [5.41, 5.74) is 2.77. The Hall–Kier alpha value is -3.35. The molecule has 0 bridgehead atoms. The van der Waals surface area contributed by atoms with Crippen molar-refractivity contribution in [2.75, 3.05) is 25.3 Å². The van der Waals surface area contributed by atoms with E-state index in [-0.39, 0.29) is 12.7 Å². The Balaban J connectivity index is 1.64. The molecule has 7 heteroatoms. The summed E-state index contributed by atoms with van der Waals surface area (Å²) in [5.74, 6) is 1.62. The van der Waals surface area contributed by atoms with Gasteiger partial charge < -0.3 is 19.1 Å². The third-order valence-electron chi connectivity index (χ3n) is 4.39. The van der Waals surface area contributed by atoms with Crippen molar-refractivity contribution in [1.82, 2.24) is 0 Å². The highest BCUT2D eigenvalue weighted by molar-refractivity contribution is 6.54. The van der Waals surface area contributed by atoms with Crippen molar-refractivity contribution in [3.8, 4) is 17.2 Å². The third kappa shape index (κ3) is 3.01. The molecule has 27 heavy (non-hydrogen) atoms. The molecule has 2 aromatic rings. The molecule has 0 fully saturated rings. The van der Waals surface area contributed by atoms with Crippen molar-refractivity contribution in [3.05, 3.63) is 47.5 Å². The fourth-order valence-electron chi connectivity index (χ4n) is 3.18. The van der Waals surface area contributed by atoms with Crippen LogP contribution < -0.4 is 19.1 Å². The van der Waals surface area contributed by atoms with Gasteiger partial charge in [-0.1, -0.05) is 25.1 Å². The van der Waals surface area contributed by atoms with Gasteiger partial charge >= 0.3 is 0 Å². The lowest BCUT2D eigenvalue weighted by Crippen LogP contribution is -2.30. The molecule has 1 amide bonds. The van der Waals surface area contributed by atoms with E-state index in [1.165, 1.54) is 0 Å². The molecule has 0 atom stereocenters. The molecule has 4 rings (SSSR count). The first-order chi connectivity index (χ1) is 13.2. The topological polar surface area (TPSA) is 72.7 Å². The number of nitrogens with zero attached hydrogens (tertiary/aromatic N) is 3. The summed E-state index contributed by atoms with van der Waals surface area (Å²) in [6, 6.07) is 11.2. The molecule has 0 spiro atoms. The monoisotopic (exact) mass is 365 g/mol. The van der Waals surface area contributed by atoms with Gasteiger partial charge in [-0.3, -0.25) is 4.79 Å². The van der Waals surface area contributed by atoms with Gasteiger partial charge in [0.15, 0.2) is 17.2 Å². The van der Waals surface area contributed by atoms with Crippen molar-refractivity contribution in [2.24, 2.45) is 10.2 Å². The van der Waals surface area contributed by atoms with Gasteiger partial charge in [0.05, 0.1) is 19.0 Å². The number of carbonyl (C=O) groups excluding carboxylic acids is 1. The number of ether oxygens (including phenoxy) is 3. The standard InChI is InChI=1S/C20H19N3O4/c1-3-8-23-15-7-5-4-6-14(15)18(20(23)24)22-21-11-13-9-16(25-2)19-17(10-13)26-12-27-19/h4-7,9-11H,3,8,12H2,1-2H3/b21-11-,22-18+. The van der Waals surface area contributed by atoms with Crippen LogP contribution in [0.4, 0.5) is 5.69 Å². The van der Waals surface area contributed by atoms with E-state index in [1.54, 1.807) is 30.4 Å². The summed E-state index contributed by atoms with van der Waals surface area (Å²) >= 11 is 0. The van der Waals surface area contributed by atoms with E-state index in [0.717, 1.165) is 23.2 Å². The summed E-state index contributed by atoms with van der Waals surface area (Å²) in [7, 11) is 1.56. The molecule has 0 unspecified atom stereocenters. The number of benzene rings is 2. The lowest BCUT2D eigenvalue weighted by molar-refractivity contribution is -0.112. The Morgan fingerprint density at radius 3 is 2.93 bits per heavy atom. The summed E-state index contributed by atoms with van der Waals surface area (Å²) in [4.78, 5) is 14.5. The minimum atomic E-state index is -0.126. The number of methoxy groups -OCH3 is 1. The van der Waals surface area contributed by atoms with Crippen LogP contribution in [-0.2, 0) is 4.79 Å². The van der Waals surface area contributed by atoms with Gasteiger partial charge in [0.25, 0.3) is 5.91 Å². The number of rotatable bonds is 5. The van der Waals surface area contributed by atoms with Crippen LogP contribution in [0.1, 0.15) is 24.5 Å². The second kappa shape index (κ2) is 7.11. The molecule has 0 aliphatic carbocycles. The lowest BCUT2D eigenvalue weighted by atomic mass is 10.1. The lowest BCUT2D eigenvalue weighted by Gasteiger charge is -2.14. The first-order valence-electron chi connectivity index (χ1n) is 8.73. The highest BCUT2D eigenvalue weighted by atomic mass is 16.7. The Labute approximate surface area is 156 Å². The van der Waals surface area contributed by atoms with Crippen LogP contribution in [0, 0.1) is 0 Å². The predicted octanol–water partition coefficient (Wildman–Crippen LogP) is 3.00. The summed E-state index contributed by atoms with van der Waals surface area (Å²) in [5, 5.41) is 8.34. The maximum Gasteiger partial charge on any atom is 0.279 e. The number of fused-ring (bicyclic) bond motifs is 2. The Kier molecular flexibility index (Phi) is 4.50. The number of hydrogen-bond acceptors (Lipinski definition) is 6. The molecule has 138 valence electrons. The highest BCUT2D eigenvalue weighted by Crippen LogP contribution is 2.41. The molecule has 0 radical (unpaired) electrons. The molecule has 2 aliphatic rings. The SMILES string of the molecule is CCCN1C(=O)/C(=N/N=C\c2cc(OC)c3c(c2)OCO3)c2ccccc21. The summed E-state index contributed by atoms with van der Waals surface area (Å²) < 4.78 is 16.1. The van der Waals surface area contributed by atoms with E-state index in [2.05, 4.69) is 10.2 Å². The summed E-state index contributed by atoms with van der Waals surface area (Å²) in [6.45, 7) is 2.85. The largest absolute Gasteiger partial charge is 0.493 e. The fourth-order valence-corrected chi connectivity index (χ4v) is 3.18. The van der Waals surface area contributed by atoms with E-state index >= 15 is 0 Å². The van der Waals surface area contributed by atoms with E-state index in [4.69, 9.17) is 14.2 Å². The van der Waals surface area contributed by atoms with Crippen LogP contribution >= 0.6 is 0 Å². The van der Waals surface area contributed by atoms with Crippen molar-refractivity contribution in [3.63, 3.8) is 0 Å². The number of carbonyl (C=O) groups is 1. The van der Waals surface area contributed by atoms with Crippen LogP contribution in [0.15, 0.2) is 46.6 Å². The molecule has 2 aliphatic heterocycles. The van der Waals surface area contributed by atoms with E-state index < -0.39 is 0 Å². The minimum absolute atomic E-state index is 0.126. The zero-order chi connectivity index (χ0) is 18.8. The number of anilines is 1. The summed E-state index contributed by atoms with van der Waals surface area (Å²) in [6.07, 6.45) is 2.43. The van der Waals surface area contributed by atoms with Crippen LogP contribution in [-0.4, -0.2) is 38.3 Å². The Morgan fingerprint density at radius 2 is 2.11 bits per heavy atom. The normalized spacial score (nSPS) is 16.4. The third-order valence-corrected chi connectivity index (χ3v) is 4.39. The van der Waals surface area contributed by atoms with Crippen molar-refractivity contribution >= 4 is 23.5 Å². The van der Waals surface area contributed by atoms with Gasteiger partial charge in [0.1, 0.15) is 0 Å². The molecular formula is C20H19N3O4. The smallest absolute Gasteiger partial charge is 0.279 e. The maximum absolute atomic E-state index is 12.7. The van der Waals surface area contributed by atoms with Crippen molar-refractivity contribution < 1.29 is 19.0 Å². The van der Waals surface area contributed by atoms with E-state index in [9.17, 15) is 4.79 Å². The number of amides is 1. The van der Waals surface area contributed by atoms with E-state index in [0.29, 0.717) is 29.5 Å². The molecule has 2 aromatic carbocycles. The van der Waals surface area contributed by atoms with Crippen molar-refractivity contribution in [1.29, 1.82) is 0 Å². The zero-order valence-electron chi connectivity index (χ0n) is 15.1. The number of para-hydroxylation sites is 1. The average Bonchev–Trinajstić information content (AvgIpc) is 3.26. The van der Waals surface area contributed by atoms with Gasteiger partial charge in [-0.05, 0) is 24.6 Å². The molecule has 0 N–H and O–H groups in total. The van der Waals surface area contributed by atoms with Gasteiger partial charge in [0, 0.05) is 17.7 Å². The van der Waals surface area contributed by atoms with Crippen LogP contribution in [0.25, 0.3) is 0 Å². The quantitative estimate of drug-likeness (QED) is 0.603. The van der Waals surface area contributed by atoms with Crippen molar-refractivity contribution in [2.45, 2.75) is 13.3 Å². The second-order valence-electron chi connectivity index (χ2n) is 6.12. The average molecular weight is 365 g/mol. The van der Waals surface area contributed by atoms with Gasteiger partial charge in [-0.2, -0.15) is 5.10 Å². The van der Waals surface area contributed by atoms with E-state index in [1.807, 2.05) is 31.2 Å². The fraction of sp³-hybridized carbons (Fsp3) is 0.250. The minimum Gasteiger partial charge on any atom is -0.493 e. The molecule has 7 nitrogen and oxygen atoms in total. The van der Waals surface area contributed by atoms with Crippen LogP contribution in [0.3, 0.4) is 0 Å². The predicted molar refractivity (Wildman–Crippen MR) is 102 cm³/mol. The van der Waals surface area contributed by atoms with Crippen LogP contribution in [0.2, 0.25) is 0 Å². The maximum atomic E-state index is 12.7. The molecular weight excluding hydrogens is 346 g/mol. The van der Waals surface area contributed by atoms with Gasteiger partial charge in [-0.25, -0.2) is 0 Å². The number of hydrogen-bond donors (Lipinski definition) is 0. The van der Waals surface area contributed by atoms with Crippen LogP contribution in [0.5, 0.6) is 17.2 Å². The van der Waals surface area contributed by atoms with Gasteiger partial charge in [-0.15, -0.1) is 5.10 Å². The molecule has 0 aromatic heterocycles. The van der Waals surface area contributed by atoms with Gasteiger partial charge in [0.2, 0.25) is 12.5 Å². The first-order valence-corrected chi connectivity index (χ1v) is 8.73. The molecule has 0 saturated carbocycles. The Bertz CT molecular complexity index is 952. The first kappa shape index (κ1) is 17.1. The molecule has 0 saturated heterocycles. The molecule has 2 heterocycles. The Morgan fingerprint density at radius 1 is 1.26 bits per heavy atom.